The molecule has 1 fully saturated rings. The van der Waals surface area contributed by atoms with Crippen molar-refractivity contribution in [1.82, 2.24) is 9.88 Å². The highest BCUT2D eigenvalue weighted by Gasteiger charge is 2.32. The summed E-state index contributed by atoms with van der Waals surface area (Å²) in [5.74, 6) is -0.150. The van der Waals surface area contributed by atoms with Crippen LogP contribution in [0.4, 0.5) is 0 Å². The Labute approximate surface area is 131 Å². The molecule has 1 aromatic heterocycles. The molecule has 1 aromatic rings. The number of ether oxygens (including phenoxy) is 1. The highest BCUT2D eigenvalue weighted by molar-refractivity contribution is 5.81. The summed E-state index contributed by atoms with van der Waals surface area (Å²) < 4.78 is 5.28. The first-order chi connectivity index (χ1) is 10.3. The number of carbonyl (C=O) groups is 2. The molecule has 0 N–H and O–H groups in total. The Morgan fingerprint density at radius 2 is 2.05 bits per heavy atom. The number of esters is 1. The van der Waals surface area contributed by atoms with Crippen molar-refractivity contribution in [2.75, 3.05) is 6.54 Å². The number of hydrogen-bond donors (Lipinski definition) is 0. The standard InChI is InChI=1S/C17H24N2O3/c1-17(2,3)22-15(20)5-4-14-8-11-19(16(14)21)12-13-6-9-18-10-7-13/h6-7,9-10,14H,4-5,8,11-12H2,1-3H3. The molecule has 0 spiro atoms. The fourth-order valence-electron chi connectivity index (χ4n) is 2.62. The van der Waals surface area contributed by atoms with Crippen molar-refractivity contribution in [3.63, 3.8) is 0 Å². The highest BCUT2D eigenvalue weighted by Crippen LogP contribution is 2.24. The normalized spacial score (nSPS) is 18.6. The van der Waals surface area contributed by atoms with Crippen LogP contribution in [0.15, 0.2) is 24.5 Å². The quantitative estimate of drug-likeness (QED) is 0.784. The molecule has 22 heavy (non-hydrogen) atoms. The molecule has 0 aromatic carbocycles. The van der Waals surface area contributed by atoms with E-state index in [-0.39, 0.29) is 17.8 Å². The molecule has 1 aliphatic rings. The van der Waals surface area contributed by atoms with Gasteiger partial charge in [-0.15, -0.1) is 0 Å². The smallest absolute Gasteiger partial charge is 0.306 e. The second kappa shape index (κ2) is 6.90. The maximum Gasteiger partial charge on any atom is 0.306 e. The molecule has 5 nitrogen and oxygen atoms in total. The van der Waals surface area contributed by atoms with E-state index in [1.165, 1.54) is 0 Å². The minimum Gasteiger partial charge on any atom is -0.460 e. The van der Waals surface area contributed by atoms with Crippen molar-refractivity contribution >= 4 is 11.9 Å². The number of aromatic nitrogens is 1. The Bertz CT molecular complexity index is 522. The Hall–Kier alpha value is -1.91. The summed E-state index contributed by atoms with van der Waals surface area (Å²) in [7, 11) is 0. The van der Waals surface area contributed by atoms with Crippen LogP contribution in [-0.2, 0) is 20.9 Å². The zero-order chi connectivity index (χ0) is 16.2. The third kappa shape index (κ3) is 4.83. The summed E-state index contributed by atoms with van der Waals surface area (Å²) in [4.78, 5) is 29.9. The molecule has 0 aliphatic carbocycles. The Morgan fingerprint density at radius 3 is 2.68 bits per heavy atom. The third-order valence-electron chi connectivity index (χ3n) is 3.65. The monoisotopic (exact) mass is 304 g/mol. The van der Waals surface area contributed by atoms with Crippen LogP contribution in [0.3, 0.4) is 0 Å². The summed E-state index contributed by atoms with van der Waals surface area (Å²) in [6.45, 7) is 6.91. The second-order valence-electron chi connectivity index (χ2n) is 6.73. The predicted molar refractivity (Wildman–Crippen MR) is 82.8 cm³/mol. The number of likely N-dealkylation sites (tertiary alicyclic amines) is 1. The van der Waals surface area contributed by atoms with Crippen LogP contribution < -0.4 is 0 Å². The van der Waals surface area contributed by atoms with Crippen LogP contribution >= 0.6 is 0 Å². The number of nitrogens with zero attached hydrogens (tertiary/aromatic N) is 2. The van der Waals surface area contributed by atoms with Gasteiger partial charge in [-0.25, -0.2) is 0 Å². The first-order valence-corrected chi connectivity index (χ1v) is 7.75. The molecule has 120 valence electrons. The van der Waals surface area contributed by atoms with Gasteiger partial charge in [-0.2, -0.15) is 0 Å². The molecule has 0 saturated carbocycles. The van der Waals surface area contributed by atoms with Gasteiger partial charge in [0.25, 0.3) is 0 Å². The van der Waals surface area contributed by atoms with Gasteiger partial charge in [-0.3, -0.25) is 14.6 Å². The van der Waals surface area contributed by atoms with Crippen LogP contribution in [-0.4, -0.2) is 33.9 Å². The zero-order valence-corrected chi connectivity index (χ0v) is 13.5. The molecule has 2 heterocycles. The third-order valence-corrected chi connectivity index (χ3v) is 3.65. The van der Waals surface area contributed by atoms with E-state index in [0.29, 0.717) is 19.4 Å². The lowest BCUT2D eigenvalue weighted by Gasteiger charge is -2.20. The maximum atomic E-state index is 12.4. The van der Waals surface area contributed by atoms with Crippen LogP contribution in [0.1, 0.15) is 45.6 Å². The number of carbonyl (C=O) groups excluding carboxylic acids is 2. The van der Waals surface area contributed by atoms with E-state index in [1.807, 2.05) is 37.8 Å². The highest BCUT2D eigenvalue weighted by atomic mass is 16.6. The lowest BCUT2D eigenvalue weighted by molar-refractivity contribution is -0.155. The number of amides is 1. The van der Waals surface area contributed by atoms with Gasteiger partial charge in [-0.1, -0.05) is 0 Å². The van der Waals surface area contributed by atoms with Crippen molar-refractivity contribution in [3.8, 4) is 0 Å². The summed E-state index contributed by atoms with van der Waals surface area (Å²) in [5.41, 5.74) is 0.612. The van der Waals surface area contributed by atoms with Gasteiger partial charge >= 0.3 is 5.97 Å². The van der Waals surface area contributed by atoms with Gasteiger partial charge in [-0.05, 0) is 51.3 Å². The molecule has 1 saturated heterocycles. The van der Waals surface area contributed by atoms with Gasteiger partial charge in [0.05, 0.1) is 0 Å². The Kier molecular flexibility index (Phi) is 5.16. The summed E-state index contributed by atoms with van der Waals surface area (Å²) in [5, 5.41) is 0. The summed E-state index contributed by atoms with van der Waals surface area (Å²) in [6.07, 6.45) is 5.15. The van der Waals surface area contributed by atoms with E-state index in [4.69, 9.17) is 4.74 Å². The predicted octanol–water partition coefficient (Wildman–Crippen LogP) is 2.55. The second-order valence-corrected chi connectivity index (χ2v) is 6.73. The summed E-state index contributed by atoms with van der Waals surface area (Å²) in [6, 6.07) is 3.84. The fraction of sp³-hybridized carbons (Fsp3) is 0.588. The lowest BCUT2D eigenvalue weighted by atomic mass is 10.0. The van der Waals surface area contributed by atoms with Gasteiger partial charge in [0.1, 0.15) is 5.60 Å². The van der Waals surface area contributed by atoms with Gasteiger partial charge in [0.2, 0.25) is 5.91 Å². The Balaban J connectivity index is 1.80. The molecule has 0 radical (unpaired) electrons. The lowest BCUT2D eigenvalue weighted by Crippen LogP contribution is -2.28. The van der Waals surface area contributed by atoms with Gasteiger partial charge < -0.3 is 9.64 Å². The van der Waals surface area contributed by atoms with E-state index in [9.17, 15) is 9.59 Å². The molecule has 2 rings (SSSR count). The van der Waals surface area contributed by atoms with Gasteiger partial charge in [0, 0.05) is 37.8 Å². The van der Waals surface area contributed by atoms with Crippen molar-refractivity contribution in [2.24, 2.45) is 5.92 Å². The minimum absolute atomic E-state index is 0.0608. The molecule has 1 aliphatic heterocycles. The molecule has 1 atom stereocenters. The van der Waals surface area contributed by atoms with E-state index in [0.717, 1.165) is 18.5 Å². The van der Waals surface area contributed by atoms with Crippen LogP contribution in [0.25, 0.3) is 0 Å². The molecular weight excluding hydrogens is 280 g/mol. The number of pyridine rings is 1. The minimum atomic E-state index is -0.468. The van der Waals surface area contributed by atoms with Crippen molar-refractivity contribution in [2.45, 2.75) is 52.2 Å². The SMILES string of the molecule is CC(C)(C)OC(=O)CCC1CCN(Cc2ccncc2)C1=O. The van der Waals surface area contributed by atoms with Crippen LogP contribution in [0.5, 0.6) is 0 Å². The van der Waals surface area contributed by atoms with E-state index in [1.54, 1.807) is 12.4 Å². The van der Waals surface area contributed by atoms with E-state index in [2.05, 4.69) is 4.98 Å². The van der Waals surface area contributed by atoms with Crippen molar-refractivity contribution in [3.05, 3.63) is 30.1 Å². The first-order valence-electron chi connectivity index (χ1n) is 7.75. The van der Waals surface area contributed by atoms with Crippen molar-refractivity contribution < 1.29 is 14.3 Å². The van der Waals surface area contributed by atoms with E-state index >= 15 is 0 Å². The molecule has 0 bridgehead atoms. The van der Waals surface area contributed by atoms with Crippen molar-refractivity contribution in [1.29, 1.82) is 0 Å². The Morgan fingerprint density at radius 1 is 1.36 bits per heavy atom. The van der Waals surface area contributed by atoms with Crippen LogP contribution in [0, 0.1) is 5.92 Å². The number of hydrogen-bond acceptors (Lipinski definition) is 4. The number of rotatable bonds is 5. The maximum absolute atomic E-state index is 12.4. The molecule has 1 amide bonds. The average Bonchev–Trinajstić information content (AvgIpc) is 2.77. The largest absolute Gasteiger partial charge is 0.460 e. The topological polar surface area (TPSA) is 59.5 Å². The van der Waals surface area contributed by atoms with Gasteiger partial charge in [0.15, 0.2) is 0 Å². The molecule has 1 unspecified atom stereocenters. The van der Waals surface area contributed by atoms with E-state index < -0.39 is 5.60 Å². The average molecular weight is 304 g/mol. The summed E-state index contributed by atoms with van der Waals surface area (Å²) >= 11 is 0. The first kappa shape index (κ1) is 16.5. The van der Waals surface area contributed by atoms with Crippen LogP contribution in [0.2, 0.25) is 0 Å². The zero-order valence-electron chi connectivity index (χ0n) is 13.5. The molecule has 5 heteroatoms. The fourth-order valence-corrected chi connectivity index (χ4v) is 2.62. The molecular formula is C17H24N2O3.